The molecule has 0 aromatic heterocycles. The van der Waals surface area contributed by atoms with Crippen LogP contribution in [-0.4, -0.2) is 20.4 Å². The van der Waals surface area contributed by atoms with Gasteiger partial charge < -0.3 is 10.5 Å². The molecule has 0 aliphatic heterocycles. The quantitative estimate of drug-likeness (QED) is 0.440. The average molecular weight is 369 g/mol. The minimum absolute atomic E-state index is 0.227. The number of halogens is 2. The fourth-order valence-electron chi connectivity index (χ4n) is 0.205. The number of carbonyl (C=O) groups is 2. The average Bonchev–Trinajstić information content (AvgIpc) is 1.87. The van der Waals surface area contributed by atoms with Gasteiger partial charge in [0.05, 0.1) is 4.43 Å². The van der Waals surface area contributed by atoms with Crippen LogP contribution in [-0.2, 0) is 14.3 Å². The molecule has 1 amide bonds. The zero-order valence-electron chi connectivity index (χ0n) is 4.84. The largest absolute Gasteiger partial charge is 0.441 e. The van der Waals surface area contributed by atoms with E-state index >= 15 is 0 Å². The van der Waals surface area contributed by atoms with Crippen LogP contribution in [0, 0.1) is 0 Å². The summed E-state index contributed by atoms with van der Waals surface area (Å²) in [5.74, 6) is -1.07. The third kappa shape index (κ3) is 4.25. The summed E-state index contributed by atoms with van der Waals surface area (Å²) < 4.78 is 3.91. The van der Waals surface area contributed by atoms with Gasteiger partial charge in [0.25, 0.3) is 5.91 Å². The Morgan fingerprint density at radius 3 is 2.40 bits per heavy atom. The van der Waals surface area contributed by atoms with E-state index in [1.807, 2.05) is 22.6 Å². The van der Waals surface area contributed by atoms with Crippen molar-refractivity contribution in [2.45, 2.75) is 4.11 Å². The van der Waals surface area contributed by atoms with E-state index in [1.165, 1.54) is 0 Å². The van der Waals surface area contributed by atoms with Crippen LogP contribution in [0.4, 0.5) is 0 Å². The molecule has 0 rings (SSSR count). The van der Waals surface area contributed by atoms with Crippen molar-refractivity contribution in [3.05, 3.63) is 0 Å². The molecule has 0 saturated heterocycles. The zero-order chi connectivity index (χ0) is 8.15. The van der Waals surface area contributed by atoms with E-state index in [2.05, 4.69) is 4.74 Å². The van der Waals surface area contributed by atoms with Crippen LogP contribution in [0.25, 0.3) is 0 Å². The molecule has 0 aliphatic carbocycles. The lowest BCUT2D eigenvalue weighted by Crippen LogP contribution is -2.28. The van der Waals surface area contributed by atoms with E-state index < -0.39 is 16.0 Å². The number of ether oxygens (including phenoxy) is 1. The van der Waals surface area contributed by atoms with Crippen LogP contribution in [0.1, 0.15) is 0 Å². The molecule has 0 aliphatic rings. The van der Waals surface area contributed by atoms with Gasteiger partial charge in [-0.15, -0.1) is 0 Å². The minimum Gasteiger partial charge on any atom is -0.441 e. The van der Waals surface area contributed by atoms with Crippen LogP contribution >= 0.6 is 45.2 Å². The topological polar surface area (TPSA) is 69.4 Å². The van der Waals surface area contributed by atoms with Crippen molar-refractivity contribution in [2.24, 2.45) is 5.73 Å². The Kier molecular flexibility index (Phi) is 5.31. The SMILES string of the molecule is NC(=O)C(I)OC(=O)CI. The molecular formula is C4H5I2NO3. The first kappa shape index (κ1) is 10.4. The first-order chi connectivity index (χ1) is 4.57. The van der Waals surface area contributed by atoms with Crippen molar-refractivity contribution in [1.82, 2.24) is 0 Å². The van der Waals surface area contributed by atoms with Gasteiger partial charge in [-0.05, 0) is 22.6 Å². The molecule has 0 radical (unpaired) electrons. The van der Waals surface area contributed by atoms with Gasteiger partial charge >= 0.3 is 5.97 Å². The van der Waals surface area contributed by atoms with Gasteiger partial charge in [0.15, 0.2) is 0 Å². The van der Waals surface area contributed by atoms with Gasteiger partial charge in [-0.25, -0.2) is 0 Å². The van der Waals surface area contributed by atoms with Crippen LogP contribution in [0.15, 0.2) is 0 Å². The van der Waals surface area contributed by atoms with Crippen molar-refractivity contribution in [3.63, 3.8) is 0 Å². The molecule has 0 bridgehead atoms. The highest BCUT2D eigenvalue weighted by Gasteiger charge is 2.14. The van der Waals surface area contributed by atoms with Crippen molar-refractivity contribution in [2.75, 3.05) is 4.43 Å². The summed E-state index contributed by atoms with van der Waals surface area (Å²) in [6.45, 7) is 0. The second kappa shape index (κ2) is 5.10. The molecule has 1 unspecified atom stereocenters. The number of esters is 1. The second-order valence-electron chi connectivity index (χ2n) is 1.34. The summed E-state index contributed by atoms with van der Waals surface area (Å²) in [4.78, 5) is 20.8. The van der Waals surface area contributed by atoms with Gasteiger partial charge in [0.1, 0.15) is 0 Å². The Labute approximate surface area is 85.1 Å². The Bertz CT molecular complexity index is 149. The highest BCUT2D eigenvalue weighted by atomic mass is 127. The van der Waals surface area contributed by atoms with E-state index in [9.17, 15) is 9.59 Å². The van der Waals surface area contributed by atoms with E-state index in [0.717, 1.165) is 0 Å². The highest BCUT2D eigenvalue weighted by Crippen LogP contribution is 2.02. The molecule has 6 heteroatoms. The van der Waals surface area contributed by atoms with Gasteiger partial charge in [-0.1, -0.05) is 22.6 Å². The Morgan fingerprint density at radius 1 is 1.60 bits per heavy atom. The van der Waals surface area contributed by atoms with Gasteiger partial charge in [-0.3, -0.25) is 9.59 Å². The second-order valence-corrected chi connectivity index (χ2v) is 3.24. The molecule has 0 aromatic rings. The van der Waals surface area contributed by atoms with Crippen LogP contribution < -0.4 is 5.73 Å². The number of carbonyl (C=O) groups excluding carboxylic acids is 2. The van der Waals surface area contributed by atoms with E-state index in [1.54, 1.807) is 22.6 Å². The fourth-order valence-corrected chi connectivity index (χ4v) is 0.668. The number of alkyl halides is 2. The lowest BCUT2D eigenvalue weighted by Gasteiger charge is -2.04. The number of nitrogens with two attached hydrogens (primary N) is 1. The number of primary amides is 1. The van der Waals surface area contributed by atoms with E-state index in [-0.39, 0.29) is 4.43 Å². The monoisotopic (exact) mass is 369 g/mol. The van der Waals surface area contributed by atoms with Gasteiger partial charge in [0, 0.05) is 0 Å². The smallest absolute Gasteiger partial charge is 0.317 e. The number of hydrogen-bond donors (Lipinski definition) is 1. The minimum atomic E-state index is -0.847. The first-order valence-corrected chi connectivity index (χ1v) is 5.04. The molecular weight excluding hydrogens is 364 g/mol. The molecule has 58 valence electrons. The predicted molar refractivity (Wildman–Crippen MR) is 52.0 cm³/mol. The van der Waals surface area contributed by atoms with Crippen LogP contribution in [0.2, 0.25) is 0 Å². The summed E-state index contributed by atoms with van der Waals surface area (Å²) >= 11 is 3.49. The molecule has 0 spiro atoms. The van der Waals surface area contributed by atoms with E-state index in [4.69, 9.17) is 5.73 Å². The molecule has 0 heterocycles. The standard InChI is InChI=1S/C4H5I2NO3/c5-1-2(8)10-3(6)4(7)9/h3H,1H2,(H2,7,9). The summed E-state index contributed by atoms with van der Waals surface area (Å²) in [6, 6.07) is 0. The van der Waals surface area contributed by atoms with Crippen LogP contribution in [0.3, 0.4) is 0 Å². The molecule has 4 nitrogen and oxygen atoms in total. The maximum absolute atomic E-state index is 10.5. The van der Waals surface area contributed by atoms with Crippen molar-refractivity contribution >= 4 is 57.1 Å². The van der Waals surface area contributed by atoms with Crippen LogP contribution in [0.5, 0.6) is 0 Å². The Morgan fingerprint density at radius 2 is 2.10 bits per heavy atom. The van der Waals surface area contributed by atoms with Gasteiger partial charge in [0.2, 0.25) is 4.11 Å². The summed E-state index contributed by atoms with van der Waals surface area (Å²) in [5, 5.41) is 0. The molecule has 1 atom stereocenters. The maximum Gasteiger partial charge on any atom is 0.317 e. The van der Waals surface area contributed by atoms with Crippen molar-refractivity contribution in [1.29, 1.82) is 0 Å². The van der Waals surface area contributed by atoms with E-state index in [0.29, 0.717) is 0 Å². The third-order valence-electron chi connectivity index (χ3n) is 0.568. The zero-order valence-corrected chi connectivity index (χ0v) is 9.16. The lowest BCUT2D eigenvalue weighted by molar-refractivity contribution is -0.145. The summed E-state index contributed by atoms with van der Waals surface area (Å²) in [7, 11) is 0. The van der Waals surface area contributed by atoms with Crippen molar-refractivity contribution in [3.8, 4) is 0 Å². The van der Waals surface area contributed by atoms with Crippen molar-refractivity contribution < 1.29 is 14.3 Å². The molecule has 10 heavy (non-hydrogen) atoms. The molecule has 2 N–H and O–H groups in total. The summed E-state index contributed by atoms with van der Waals surface area (Å²) in [6.07, 6.45) is 0. The maximum atomic E-state index is 10.5. The first-order valence-electron chi connectivity index (χ1n) is 2.26. The Balaban J connectivity index is 3.68. The normalized spacial score (nSPS) is 12.2. The van der Waals surface area contributed by atoms with Gasteiger partial charge in [-0.2, -0.15) is 0 Å². The molecule has 0 fully saturated rings. The number of rotatable bonds is 3. The molecule has 0 saturated carbocycles. The highest BCUT2D eigenvalue weighted by molar-refractivity contribution is 14.1. The lowest BCUT2D eigenvalue weighted by atomic mass is 10.7. The predicted octanol–water partition coefficient (Wildman–Crippen LogP) is 0.211. The number of amides is 1. The Hall–Kier alpha value is 0.400. The molecule has 0 aromatic carbocycles. The number of hydrogen-bond acceptors (Lipinski definition) is 3. The third-order valence-corrected chi connectivity index (χ3v) is 2.06. The fraction of sp³-hybridized carbons (Fsp3) is 0.500. The summed E-state index contributed by atoms with van der Waals surface area (Å²) in [5.41, 5.74) is 4.81.